The van der Waals surface area contributed by atoms with Crippen molar-refractivity contribution in [2.75, 3.05) is 19.6 Å². The van der Waals surface area contributed by atoms with E-state index in [1.54, 1.807) is 4.90 Å². The Labute approximate surface area is 120 Å². The molecule has 0 aliphatic carbocycles. The molecular weight excluding hydrogens is 256 g/mol. The van der Waals surface area contributed by atoms with E-state index < -0.39 is 11.4 Å². The quantitative estimate of drug-likeness (QED) is 0.865. The lowest BCUT2D eigenvalue weighted by molar-refractivity contribution is -0.148. The number of likely N-dealkylation sites (tertiary alicyclic amines) is 2. The molecule has 2 aliphatic heterocycles. The SMILES string of the molecule is CCC1CCCCN1C(=O)N1CCC(CC)(C(=O)O)C1. The fraction of sp³-hybridized carbons (Fsp3) is 0.867. The smallest absolute Gasteiger partial charge is 0.320 e. The predicted octanol–water partition coefficient (Wildman–Crippen LogP) is 2.56. The Morgan fingerprint density at radius 2 is 2.00 bits per heavy atom. The van der Waals surface area contributed by atoms with E-state index in [1.165, 1.54) is 6.42 Å². The highest BCUT2D eigenvalue weighted by atomic mass is 16.4. The topological polar surface area (TPSA) is 60.9 Å². The molecule has 2 fully saturated rings. The van der Waals surface area contributed by atoms with Gasteiger partial charge in [0.1, 0.15) is 0 Å². The van der Waals surface area contributed by atoms with Gasteiger partial charge in [-0.2, -0.15) is 0 Å². The van der Waals surface area contributed by atoms with E-state index in [-0.39, 0.29) is 6.03 Å². The number of hydrogen-bond donors (Lipinski definition) is 1. The van der Waals surface area contributed by atoms with E-state index in [0.29, 0.717) is 32.0 Å². The molecule has 5 heteroatoms. The zero-order valence-electron chi connectivity index (χ0n) is 12.6. The number of carbonyl (C=O) groups excluding carboxylic acids is 1. The van der Waals surface area contributed by atoms with Gasteiger partial charge >= 0.3 is 12.0 Å². The number of hydrogen-bond acceptors (Lipinski definition) is 2. The summed E-state index contributed by atoms with van der Waals surface area (Å²) in [4.78, 5) is 27.8. The lowest BCUT2D eigenvalue weighted by atomic mass is 9.84. The van der Waals surface area contributed by atoms with Crippen molar-refractivity contribution in [2.24, 2.45) is 5.41 Å². The van der Waals surface area contributed by atoms with Crippen LogP contribution < -0.4 is 0 Å². The Balaban J connectivity index is 2.05. The fourth-order valence-electron chi connectivity index (χ4n) is 3.51. The van der Waals surface area contributed by atoms with E-state index in [2.05, 4.69) is 6.92 Å². The molecule has 0 bridgehead atoms. The second-order valence-electron chi connectivity index (χ2n) is 6.14. The third kappa shape index (κ3) is 2.63. The number of carboxylic acids is 1. The molecule has 0 spiro atoms. The van der Waals surface area contributed by atoms with Gasteiger partial charge in [-0.15, -0.1) is 0 Å². The van der Waals surface area contributed by atoms with E-state index >= 15 is 0 Å². The summed E-state index contributed by atoms with van der Waals surface area (Å²) in [5, 5.41) is 9.42. The highest BCUT2D eigenvalue weighted by molar-refractivity contribution is 5.80. The number of piperidine rings is 1. The molecule has 0 radical (unpaired) electrons. The first-order chi connectivity index (χ1) is 9.54. The number of carboxylic acid groups (broad SMARTS) is 1. The maximum absolute atomic E-state index is 12.7. The van der Waals surface area contributed by atoms with Crippen LogP contribution in [0.3, 0.4) is 0 Å². The molecule has 114 valence electrons. The van der Waals surface area contributed by atoms with Gasteiger partial charge in [0.05, 0.1) is 5.41 Å². The van der Waals surface area contributed by atoms with E-state index in [1.807, 2.05) is 11.8 Å². The summed E-state index contributed by atoms with van der Waals surface area (Å²) in [5.74, 6) is -0.763. The third-order valence-electron chi connectivity index (χ3n) is 5.10. The van der Waals surface area contributed by atoms with Crippen LogP contribution in [0, 0.1) is 5.41 Å². The molecule has 0 aromatic heterocycles. The third-order valence-corrected chi connectivity index (χ3v) is 5.10. The molecule has 2 atom stereocenters. The summed E-state index contributed by atoms with van der Waals surface area (Å²) < 4.78 is 0. The van der Waals surface area contributed by atoms with Crippen LogP contribution in [0.2, 0.25) is 0 Å². The summed E-state index contributed by atoms with van der Waals surface area (Å²) >= 11 is 0. The largest absolute Gasteiger partial charge is 0.481 e. The summed E-state index contributed by atoms with van der Waals surface area (Å²) in [6.45, 7) is 5.78. The van der Waals surface area contributed by atoms with Crippen molar-refractivity contribution in [3.05, 3.63) is 0 Å². The van der Waals surface area contributed by atoms with Crippen molar-refractivity contribution in [1.29, 1.82) is 0 Å². The van der Waals surface area contributed by atoms with Crippen molar-refractivity contribution in [1.82, 2.24) is 9.80 Å². The first-order valence-electron chi connectivity index (χ1n) is 7.83. The van der Waals surface area contributed by atoms with Crippen molar-refractivity contribution in [2.45, 2.75) is 58.4 Å². The molecule has 2 rings (SSSR count). The van der Waals surface area contributed by atoms with Crippen LogP contribution in [0.5, 0.6) is 0 Å². The first-order valence-corrected chi connectivity index (χ1v) is 7.83. The van der Waals surface area contributed by atoms with Crippen molar-refractivity contribution >= 4 is 12.0 Å². The molecule has 0 aromatic carbocycles. The summed E-state index contributed by atoms with van der Waals surface area (Å²) in [6.07, 6.45) is 5.48. The van der Waals surface area contributed by atoms with Crippen LogP contribution in [-0.2, 0) is 4.79 Å². The predicted molar refractivity (Wildman–Crippen MR) is 76.6 cm³/mol. The Morgan fingerprint density at radius 1 is 1.25 bits per heavy atom. The first kappa shape index (κ1) is 15.1. The van der Waals surface area contributed by atoms with Gasteiger partial charge in [0, 0.05) is 25.7 Å². The standard InChI is InChI=1S/C15H26N2O3/c1-3-12-7-5-6-9-17(12)14(20)16-10-8-15(4-2,11-16)13(18)19/h12H,3-11H2,1-2H3,(H,18,19). The van der Waals surface area contributed by atoms with Gasteiger partial charge in [0.2, 0.25) is 0 Å². The molecule has 20 heavy (non-hydrogen) atoms. The minimum absolute atomic E-state index is 0.0492. The van der Waals surface area contributed by atoms with Gasteiger partial charge < -0.3 is 14.9 Å². The minimum atomic E-state index is -0.763. The van der Waals surface area contributed by atoms with Crippen LogP contribution in [0.25, 0.3) is 0 Å². The number of rotatable bonds is 3. The average molecular weight is 282 g/mol. The zero-order chi connectivity index (χ0) is 14.8. The molecule has 2 unspecified atom stereocenters. The van der Waals surface area contributed by atoms with Gasteiger partial charge in [0.25, 0.3) is 0 Å². The zero-order valence-corrected chi connectivity index (χ0v) is 12.6. The molecule has 0 saturated carbocycles. The Morgan fingerprint density at radius 3 is 2.55 bits per heavy atom. The molecule has 2 saturated heterocycles. The maximum Gasteiger partial charge on any atom is 0.320 e. The van der Waals surface area contributed by atoms with E-state index in [0.717, 1.165) is 25.8 Å². The van der Waals surface area contributed by atoms with Crippen molar-refractivity contribution in [3.63, 3.8) is 0 Å². The van der Waals surface area contributed by atoms with E-state index in [9.17, 15) is 14.7 Å². The summed E-state index contributed by atoms with van der Waals surface area (Å²) in [6, 6.07) is 0.380. The molecule has 2 amide bonds. The maximum atomic E-state index is 12.7. The monoisotopic (exact) mass is 282 g/mol. The normalized spacial score (nSPS) is 30.6. The second kappa shape index (κ2) is 6.02. The number of carbonyl (C=O) groups is 2. The highest BCUT2D eigenvalue weighted by Gasteiger charge is 2.46. The van der Waals surface area contributed by atoms with Crippen molar-refractivity contribution in [3.8, 4) is 0 Å². The van der Waals surface area contributed by atoms with Gasteiger partial charge in [-0.25, -0.2) is 4.79 Å². The van der Waals surface area contributed by atoms with Crippen LogP contribution in [-0.4, -0.2) is 52.6 Å². The summed E-state index contributed by atoms with van der Waals surface area (Å²) in [5.41, 5.74) is -0.729. The van der Waals surface area contributed by atoms with Gasteiger partial charge in [-0.05, 0) is 38.5 Å². The van der Waals surface area contributed by atoms with Crippen LogP contribution in [0.15, 0.2) is 0 Å². The average Bonchev–Trinajstić information content (AvgIpc) is 2.92. The van der Waals surface area contributed by atoms with Gasteiger partial charge in [-0.3, -0.25) is 4.79 Å². The lowest BCUT2D eigenvalue weighted by Crippen LogP contribution is -2.50. The Hall–Kier alpha value is -1.26. The molecule has 5 nitrogen and oxygen atoms in total. The van der Waals surface area contributed by atoms with Gasteiger partial charge in [-0.1, -0.05) is 13.8 Å². The number of aliphatic carboxylic acids is 1. The second-order valence-corrected chi connectivity index (χ2v) is 6.14. The lowest BCUT2D eigenvalue weighted by Gasteiger charge is -2.38. The molecule has 2 heterocycles. The number of nitrogens with zero attached hydrogens (tertiary/aromatic N) is 2. The molecular formula is C15H26N2O3. The minimum Gasteiger partial charge on any atom is -0.481 e. The summed E-state index contributed by atoms with van der Waals surface area (Å²) in [7, 11) is 0. The van der Waals surface area contributed by atoms with Gasteiger partial charge in [0.15, 0.2) is 0 Å². The number of urea groups is 1. The van der Waals surface area contributed by atoms with Crippen LogP contribution >= 0.6 is 0 Å². The van der Waals surface area contributed by atoms with Crippen LogP contribution in [0.4, 0.5) is 4.79 Å². The number of amides is 2. The molecule has 0 aromatic rings. The highest BCUT2D eigenvalue weighted by Crippen LogP contribution is 2.35. The Bertz CT molecular complexity index is 385. The van der Waals surface area contributed by atoms with Crippen LogP contribution in [0.1, 0.15) is 52.4 Å². The Kier molecular flexibility index (Phi) is 4.55. The fourth-order valence-corrected chi connectivity index (χ4v) is 3.51. The van der Waals surface area contributed by atoms with Crippen molar-refractivity contribution < 1.29 is 14.7 Å². The molecule has 1 N–H and O–H groups in total. The molecule has 2 aliphatic rings. The van der Waals surface area contributed by atoms with E-state index in [4.69, 9.17) is 0 Å².